The molecule has 3 N–H and O–H groups in total. The molecule has 0 bridgehead atoms. The lowest BCUT2D eigenvalue weighted by atomic mass is 10.1. The number of hydrogen-bond acceptors (Lipinski definition) is 6. The SMILES string of the molecule is Cn1nc(C(F)(F)C(F)(F)F)c(SC2CC2)c1N=CC(=CN)c1ccc(Cl)c(NC2(C#N)CC2)c1. The number of nitrogens with one attached hydrogen (secondary N) is 1. The maximum absolute atomic E-state index is 14.2. The molecular weight excluding hydrogens is 511 g/mol. The van der Waals surface area contributed by atoms with Gasteiger partial charge in [-0.15, -0.1) is 11.8 Å². The Labute approximate surface area is 207 Å². The summed E-state index contributed by atoms with van der Waals surface area (Å²) in [6.45, 7) is 0. The second-order valence-corrected chi connectivity index (χ2v) is 10.1. The highest BCUT2D eigenvalue weighted by Gasteiger charge is 2.62. The van der Waals surface area contributed by atoms with Crippen molar-refractivity contribution in [3.8, 4) is 6.07 Å². The smallest absolute Gasteiger partial charge is 0.404 e. The van der Waals surface area contributed by atoms with Gasteiger partial charge < -0.3 is 11.1 Å². The van der Waals surface area contributed by atoms with E-state index in [0.29, 0.717) is 47.5 Å². The van der Waals surface area contributed by atoms with Crippen LogP contribution in [0, 0.1) is 11.3 Å². The fraction of sp³-hybridized carbons (Fsp3) is 0.409. The maximum atomic E-state index is 14.2. The van der Waals surface area contributed by atoms with E-state index >= 15 is 0 Å². The first-order valence-corrected chi connectivity index (χ1v) is 11.8. The molecule has 2 fully saturated rings. The van der Waals surface area contributed by atoms with Crippen molar-refractivity contribution in [1.82, 2.24) is 9.78 Å². The molecule has 0 atom stereocenters. The number of aromatic nitrogens is 2. The van der Waals surface area contributed by atoms with E-state index < -0.39 is 23.3 Å². The van der Waals surface area contributed by atoms with Crippen molar-refractivity contribution < 1.29 is 22.0 Å². The van der Waals surface area contributed by atoms with Crippen molar-refractivity contribution in [1.29, 1.82) is 5.26 Å². The third-order valence-corrected chi connectivity index (χ3v) is 7.33. The van der Waals surface area contributed by atoms with Crippen LogP contribution in [0.2, 0.25) is 5.02 Å². The zero-order valence-corrected chi connectivity index (χ0v) is 19.9. The van der Waals surface area contributed by atoms with Gasteiger partial charge in [-0.2, -0.15) is 32.3 Å². The molecule has 6 nitrogen and oxygen atoms in total. The molecule has 1 aromatic carbocycles. The Morgan fingerprint density at radius 3 is 2.57 bits per heavy atom. The molecule has 0 amide bonds. The second kappa shape index (κ2) is 9.02. The van der Waals surface area contributed by atoms with Crippen LogP contribution >= 0.6 is 23.4 Å². The molecule has 35 heavy (non-hydrogen) atoms. The molecule has 0 aliphatic heterocycles. The fourth-order valence-electron chi connectivity index (χ4n) is 3.23. The van der Waals surface area contributed by atoms with Gasteiger partial charge in [0.15, 0.2) is 11.5 Å². The van der Waals surface area contributed by atoms with Gasteiger partial charge in [0.05, 0.1) is 21.7 Å². The molecule has 0 spiro atoms. The maximum Gasteiger partial charge on any atom is 0.459 e. The average Bonchev–Trinajstić information content (AvgIpc) is 3.71. The van der Waals surface area contributed by atoms with Crippen LogP contribution in [0.25, 0.3) is 5.57 Å². The van der Waals surface area contributed by atoms with Crippen molar-refractivity contribution in [2.24, 2.45) is 17.8 Å². The van der Waals surface area contributed by atoms with Crippen molar-refractivity contribution in [3.05, 3.63) is 40.7 Å². The number of aryl methyl sites for hydroxylation is 1. The van der Waals surface area contributed by atoms with Gasteiger partial charge in [0, 0.05) is 30.3 Å². The van der Waals surface area contributed by atoms with Crippen LogP contribution in [-0.4, -0.2) is 33.0 Å². The molecule has 2 saturated carbocycles. The van der Waals surface area contributed by atoms with Gasteiger partial charge in [-0.05, 0) is 43.4 Å². The monoisotopic (exact) mass is 530 g/mol. The van der Waals surface area contributed by atoms with Crippen LogP contribution in [0.3, 0.4) is 0 Å². The van der Waals surface area contributed by atoms with Gasteiger partial charge in [-0.1, -0.05) is 17.7 Å². The molecule has 13 heteroatoms. The van der Waals surface area contributed by atoms with E-state index in [4.69, 9.17) is 17.3 Å². The van der Waals surface area contributed by atoms with E-state index in [-0.39, 0.29) is 16.0 Å². The predicted octanol–water partition coefficient (Wildman–Crippen LogP) is 6.15. The van der Waals surface area contributed by atoms with E-state index in [1.54, 1.807) is 18.2 Å². The molecule has 1 heterocycles. The lowest BCUT2D eigenvalue weighted by Crippen LogP contribution is -2.34. The van der Waals surface area contributed by atoms with Crippen LogP contribution < -0.4 is 11.1 Å². The Kier molecular flexibility index (Phi) is 6.53. The Morgan fingerprint density at radius 2 is 2.03 bits per heavy atom. The molecular formula is C22H20ClF5N6S. The van der Waals surface area contributed by atoms with Crippen molar-refractivity contribution in [2.45, 2.75) is 53.5 Å². The molecule has 0 unspecified atom stereocenters. The molecule has 2 aromatic rings. The second-order valence-electron chi connectivity index (χ2n) is 8.41. The van der Waals surface area contributed by atoms with E-state index in [1.165, 1.54) is 19.5 Å². The number of anilines is 1. The standard InChI is InChI=1S/C22H20ClF5N6S/c1-34-19(17(35-14-3-4-14)18(33-34)21(24,25)22(26,27)28)31-10-13(9-29)12-2-5-15(23)16(8-12)32-20(11-30)6-7-20/h2,5,8-10,14,32H,3-4,6-7,29H2,1H3. The first kappa shape index (κ1) is 25.3. The highest BCUT2D eigenvalue weighted by molar-refractivity contribution is 8.00. The summed E-state index contributed by atoms with van der Waals surface area (Å²) in [5.74, 6) is -5.26. The summed E-state index contributed by atoms with van der Waals surface area (Å²) in [6.07, 6.45) is -0.526. The number of aliphatic imine (C=N–C) groups is 1. The number of nitrogens with zero attached hydrogens (tertiary/aromatic N) is 4. The Balaban J connectivity index is 1.68. The molecule has 186 valence electrons. The van der Waals surface area contributed by atoms with Crippen LogP contribution in [0.1, 0.15) is 36.9 Å². The largest absolute Gasteiger partial charge is 0.459 e. The zero-order valence-electron chi connectivity index (χ0n) is 18.3. The van der Waals surface area contributed by atoms with Crippen molar-refractivity contribution >= 4 is 46.7 Å². The molecule has 2 aliphatic carbocycles. The Bertz CT molecular complexity index is 1240. The summed E-state index contributed by atoms with van der Waals surface area (Å²) >= 11 is 7.17. The summed E-state index contributed by atoms with van der Waals surface area (Å²) in [7, 11) is 1.26. The molecule has 1 aromatic heterocycles. The highest BCUT2D eigenvalue weighted by atomic mass is 35.5. The summed E-state index contributed by atoms with van der Waals surface area (Å²) < 4.78 is 68.6. The van der Waals surface area contributed by atoms with E-state index in [0.717, 1.165) is 16.4 Å². The zero-order chi connectivity index (χ0) is 25.6. The van der Waals surface area contributed by atoms with Crippen molar-refractivity contribution in [3.63, 3.8) is 0 Å². The van der Waals surface area contributed by atoms with Crippen molar-refractivity contribution in [2.75, 3.05) is 5.32 Å². The summed E-state index contributed by atoms with van der Waals surface area (Å²) in [4.78, 5) is 3.89. The Hall–Kier alpha value is -2.78. The minimum atomic E-state index is -5.79. The number of halogens is 6. The molecule has 0 saturated heterocycles. The number of hydrogen-bond donors (Lipinski definition) is 2. The van der Waals surface area contributed by atoms with Crippen LogP contribution in [0.15, 0.2) is 34.3 Å². The molecule has 0 radical (unpaired) electrons. The number of nitrogens with two attached hydrogens (primary N) is 1. The predicted molar refractivity (Wildman–Crippen MR) is 125 cm³/mol. The first-order valence-electron chi connectivity index (χ1n) is 10.5. The highest BCUT2D eigenvalue weighted by Crippen LogP contribution is 2.52. The third kappa shape index (κ3) is 5.11. The normalized spacial score (nSPS) is 18.1. The summed E-state index contributed by atoms with van der Waals surface area (Å²) in [5.41, 5.74) is 5.15. The minimum absolute atomic E-state index is 0.0692. The van der Waals surface area contributed by atoms with Gasteiger partial charge in [0.2, 0.25) is 0 Å². The molecule has 2 aliphatic rings. The number of nitriles is 1. The van der Waals surface area contributed by atoms with E-state index in [1.807, 2.05) is 0 Å². The van der Waals surface area contributed by atoms with Crippen LogP contribution in [-0.2, 0) is 13.0 Å². The number of thioether (sulfide) groups is 1. The number of alkyl halides is 5. The minimum Gasteiger partial charge on any atom is -0.404 e. The average molecular weight is 531 g/mol. The third-order valence-electron chi connectivity index (χ3n) is 5.58. The number of rotatable bonds is 8. The first-order chi connectivity index (χ1) is 16.4. The topological polar surface area (TPSA) is 92.0 Å². The lowest BCUT2D eigenvalue weighted by Gasteiger charge is -2.18. The summed E-state index contributed by atoms with van der Waals surface area (Å²) in [5, 5.41) is 16.2. The lowest BCUT2D eigenvalue weighted by molar-refractivity contribution is -0.292. The molecule has 4 rings (SSSR count). The van der Waals surface area contributed by atoms with Gasteiger partial charge in [-0.25, -0.2) is 9.67 Å². The fourth-order valence-corrected chi connectivity index (χ4v) is 4.67. The van der Waals surface area contributed by atoms with E-state index in [2.05, 4.69) is 21.5 Å². The van der Waals surface area contributed by atoms with E-state index in [9.17, 15) is 27.2 Å². The Morgan fingerprint density at radius 1 is 1.34 bits per heavy atom. The quantitative estimate of drug-likeness (QED) is 0.315. The van der Waals surface area contributed by atoms with Gasteiger partial charge in [0.1, 0.15) is 5.54 Å². The number of benzene rings is 1. The summed E-state index contributed by atoms with van der Waals surface area (Å²) in [6, 6.07) is 7.12. The van der Waals surface area contributed by atoms with Crippen LogP contribution in [0.5, 0.6) is 0 Å². The van der Waals surface area contributed by atoms with Gasteiger partial charge >= 0.3 is 12.1 Å². The van der Waals surface area contributed by atoms with Crippen LogP contribution in [0.4, 0.5) is 33.5 Å². The van der Waals surface area contributed by atoms with Gasteiger partial charge in [-0.3, -0.25) is 0 Å². The number of allylic oxidation sites excluding steroid dienone is 1. The van der Waals surface area contributed by atoms with Gasteiger partial charge in [0.25, 0.3) is 0 Å².